The van der Waals surface area contributed by atoms with Gasteiger partial charge in [-0.15, -0.1) is 10.2 Å². The summed E-state index contributed by atoms with van der Waals surface area (Å²) in [5, 5.41) is 13.2. The van der Waals surface area contributed by atoms with Crippen LogP contribution in [0.3, 0.4) is 0 Å². The third-order valence-electron chi connectivity index (χ3n) is 5.43. The van der Waals surface area contributed by atoms with Crippen molar-refractivity contribution in [3.8, 4) is 0 Å². The van der Waals surface area contributed by atoms with Gasteiger partial charge in [0.05, 0.1) is 11.9 Å². The summed E-state index contributed by atoms with van der Waals surface area (Å²) in [6, 6.07) is 2.25. The number of hydrogen-bond acceptors (Lipinski definition) is 6. The van der Waals surface area contributed by atoms with Crippen LogP contribution < -0.4 is 4.90 Å². The van der Waals surface area contributed by atoms with Crippen LogP contribution in [-0.2, 0) is 6.54 Å². The molecule has 0 N–H and O–H groups in total. The number of pyridine rings is 1. The molecule has 5 rings (SSSR count). The van der Waals surface area contributed by atoms with Gasteiger partial charge < -0.3 is 9.47 Å². The highest BCUT2D eigenvalue weighted by Gasteiger charge is 2.33. The van der Waals surface area contributed by atoms with Gasteiger partial charge in [-0.1, -0.05) is 0 Å². The SMILES string of the molecule is Fc1cnccc1N1CCC(c2nnc(Cn3cncn3)n2C2CC2)CC1. The van der Waals surface area contributed by atoms with Gasteiger partial charge in [0.2, 0.25) is 0 Å². The Morgan fingerprint density at radius 1 is 1.07 bits per heavy atom. The van der Waals surface area contributed by atoms with Crippen molar-refractivity contribution >= 4 is 5.69 Å². The van der Waals surface area contributed by atoms with Crippen LogP contribution in [0.2, 0.25) is 0 Å². The van der Waals surface area contributed by atoms with Gasteiger partial charge in [-0.3, -0.25) is 4.98 Å². The Hall–Kier alpha value is -2.84. The standard InChI is InChI=1S/C18H21FN8/c19-15-9-20-6-3-16(15)25-7-4-13(5-8-25)18-24-23-17(27(18)14-1-2-14)10-26-12-21-11-22-26/h3,6,9,11-14H,1-2,4-5,7-8,10H2. The highest BCUT2D eigenvalue weighted by Crippen LogP contribution is 2.40. The molecule has 0 aromatic carbocycles. The lowest BCUT2D eigenvalue weighted by Gasteiger charge is -2.33. The molecule has 140 valence electrons. The molecule has 0 bridgehead atoms. The average Bonchev–Trinajstić information content (AvgIpc) is 3.24. The van der Waals surface area contributed by atoms with Crippen LogP contribution in [-0.4, -0.2) is 47.6 Å². The van der Waals surface area contributed by atoms with Gasteiger partial charge in [-0.2, -0.15) is 5.10 Å². The fourth-order valence-corrected chi connectivity index (χ4v) is 3.92. The molecule has 1 saturated heterocycles. The van der Waals surface area contributed by atoms with Crippen molar-refractivity contribution in [3.63, 3.8) is 0 Å². The van der Waals surface area contributed by atoms with E-state index >= 15 is 0 Å². The summed E-state index contributed by atoms with van der Waals surface area (Å²) in [6.45, 7) is 2.20. The molecule has 27 heavy (non-hydrogen) atoms. The first kappa shape index (κ1) is 16.3. The zero-order chi connectivity index (χ0) is 18.2. The van der Waals surface area contributed by atoms with E-state index in [9.17, 15) is 4.39 Å². The molecule has 0 spiro atoms. The summed E-state index contributed by atoms with van der Waals surface area (Å²) in [6.07, 6.45) is 10.4. The zero-order valence-corrected chi connectivity index (χ0v) is 14.9. The smallest absolute Gasteiger partial charge is 0.164 e. The molecule has 0 atom stereocenters. The van der Waals surface area contributed by atoms with Gasteiger partial charge >= 0.3 is 0 Å². The topological polar surface area (TPSA) is 77.6 Å². The van der Waals surface area contributed by atoms with Gasteiger partial charge in [-0.25, -0.2) is 14.1 Å². The van der Waals surface area contributed by atoms with E-state index in [0.29, 0.717) is 24.2 Å². The fourth-order valence-electron chi connectivity index (χ4n) is 3.92. The summed E-state index contributed by atoms with van der Waals surface area (Å²) < 4.78 is 18.1. The number of hydrogen-bond donors (Lipinski definition) is 0. The van der Waals surface area contributed by atoms with Crippen molar-refractivity contribution in [1.29, 1.82) is 0 Å². The van der Waals surface area contributed by atoms with Crippen LogP contribution >= 0.6 is 0 Å². The minimum atomic E-state index is -0.257. The van der Waals surface area contributed by atoms with Crippen molar-refractivity contribution in [3.05, 3.63) is 48.6 Å². The van der Waals surface area contributed by atoms with Crippen LogP contribution in [0.15, 0.2) is 31.1 Å². The summed E-state index contributed by atoms with van der Waals surface area (Å²) in [5.41, 5.74) is 0.638. The molecular formula is C18H21FN8. The molecule has 2 fully saturated rings. The number of halogens is 1. The molecule has 0 amide bonds. The van der Waals surface area contributed by atoms with Crippen LogP contribution in [0.25, 0.3) is 0 Å². The van der Waals surface area contributed by atoms with Crippen LogP contribution in [0, 0.1) is 5.82 Å². The van der Waals surface area contributed by atoms with Gasteiger partial charge in [0.25, 0.3) is 0 Å². The Morgan fingerprint density at radius 3 is 2.63 bits per heavy atom. The molecular weight excluding hydrogens is 347 g/mol. The Labute approximate surface area is 156 Å². The molecule has 1 aliphatic heterocycles. The van der Waals surface area contributed by atoms with Crippen LogP contribution in [0.5, 0.6) is 0 Å². The molecule has 3 aromatic heterocycles. The first-order chi connectivity index (χ1) is 13.3. The Morgan fingerprint density at radius 2 is 1.93 bits per heavy atom. The fraction of sp³-hybridized carbons (Fsp3) is 0.500. The minimum Gasteiger partial charge on any atom is -0.369 e. The van der Waals surface area contributed by atoms with Crippen molar-refractivity contribution in [1.82, 2.24) is 34.5 Å². The van der Waals surface area contributed by atoms with E-state index in [1.807, 2.05) is 0 Å². The van der Waals surface area contributed by atoms with E-state index in [1.165, 1.54) is 25.4 Å². The second-order valence-corrected chi connectivity index (χ2v) is 7.26. The maximum Gasteiger partial charge on any atom is 0.164 e. The lowest BCUT2D eigenvalue weighted by atomic mass is 9.95. The van der Waals surface area contributed by atoms with Crippen LogP contribution in [0.1, 0.15) is 49.3 Å². The maximum atomic E-state index is 14.0. The number of rotatable bonds is 5. The summed E-state index contributed by atoms with van der Waals surface area (Å²) in [7, 11) is 0. The monoisotopic (exact) mass is 368 g/mol. The van der Waals surface area contributed by atoms with Crippen molar-refractivity contribution < 1.29 is 4.39 Å². The predicted molar refractivity (Wildman–Crippen MR) is 95.8 cm³/mol. The Bertz CT molecular complexity index is 909. The normalized spacial score (nSPS) is 18.2. The third kappa shape index (κ3) is 3.17. The van der Waals surface area contributed by atoms with Gasteiger partial charge in [0, 0.05) is 31.2 Å². The second-order valence-electron chi connectivity index (χ2n) is 7.26. The van der Waals surface area contributed by atoms with Crippen LogP contribution in [0.4, 0.5) is 10.1 Å². The summed E-state index contributed by atoms with van der Waals surface area (Å²) in [5.74, 6) is 2.11. The molecule has 1 aliphatic carbocycles. The second kappa shape index (κ2) is 6.71. The van der Waals surface area contributed by atoms with Gasteiger partial charge in [0.1, 0.15) is 25.0 Å². The number of anilines is 1. The van der Waals surface area contributed by atoms with E-state index in [0.717, 1.165) is 37.6 Å². The first-order valence-electron chi connectivity index (χ1n) is 9.40. The number of piperidine rings is 1. The molecule has 1 saturated carbocycles. The molecule has 2 aliphatic rings. The van der Waals surface area contributed by atoms with Crippen molar-refractivity contribution in [2.45, 2.75) is 44.2 Å². The highest BCUT2D eigenvalue weighted by molar-refractivity contribution is 5.46. The predicted octanol–water partition coefficient (Wildman–Crippen LogP) is 2.17. The van der Waals surface area contributed by atoms with E-state index in [2.05, 4.69) is 34.7 Å². The molecule has 9 heteroatoms. The largest absolute Gasteiger partial charge is 0.369 e. The molecule has 0 radical (unpaired) electrons. The lowest BCUT2D eigenvalue weighted by molar-refractivity contribution is 0.456. The minimum absolute atomic E-state index is 0.257. The van der Waals surface area contributed by atoms with Crippen molar-refractivity contribution in [2.75, 3.05) is 18.0 Å². The van der Waals surface area contributed by atoms with Gasteiger partial charge in [0.15, 0.2) is 11.6 Å². The maximum absolute atomic E-state index is 14.0. The Kier molecular flexibility index (Phi) is 4.06. The average molecular weight is 368 g/mol. The summed E-state index contributed by atoms with van der Waals surface area (Å²) in [4.78, 5) is 9.94. The zero-order valence-electron chi connectivity index (χ0n) is 14.9. The molecule has 4 heterocycles. The highest BCUT2D eigenvalue weighted by atomic mass is 19.1. The molecule has 3 aromatic rings. The van der Waals surface area contributed by atoms with Crippen molar-refractivity contribution in [2.24, 2.45) is 0 Å². The quantitative estimate of drug-likeness (QED) is 0.687. The molecule has 0 unspecified atom stereocenters. The number of aromatic nitrogens is 7. The lowest BCUT2D eigenvalue weighted by Crippen LogP contribution is -2.34. The Balaban J connectivity index is 1.34. The van der Waals surface area contributed by atoms with E-state index in [4.69, 9.17) is 0 Å². The first-order valence-corrected chi connectivity index (χ1v) is 9.40. The number of nitrogens with zero attached hydrogens (tertiary/aromatic N) is 8. The van der Waals surface area contributed by atoms with E-state index in [-0.39, 0.29) is 5.82 Å². The molecule has 8 nitrogen and oxygen atoms in total. The summed E-state index contributed by atoms with van der Waals surface area (Å²) >= 11 is 0. The van der Waals surface area contributed by atoms with Gasteiger partial charge in [-0.05, 0) is 31.7 Å². The van der Waals surface area contributed by atoms with E-state index in [1.54, 1.807) is 23.3 Å². The third-order valence-corrected chi connectivity index (χ3v) is 5.43. The van der Waals surface area contributed by atoms with E-state index < -0.39 is 0 Å².